The second kappa shape index (κ2) is 6.10. The summed E-state index contributed by atoms with van der Waals surface area (Å²) in [6.07, 6.45) is 2.90. The van der Waals surface area contributed by atoms with E-state index in [-0.39, 0.29) is 0 Å². The molecule has 0 aliphatic rings. The Hall–Kier alpha value is -1.50. The zero-order chi connectivity index (χ0) is 13.7. The highest BCUT2D eigenvalue weighted by molar-refractivity contribution is 7.93. The van der Waals surface area contributed by atoms with Crippen LogP contribution in [0.25, 0.3) is 15.6 Å². The zero-order valence-corrected chi connectivity index (χ0v) is 11.6. The van der Waals surface area contributed by atoms with Gasteiger partial charge in [-0.3, -0.25) is 4.98 Å². The summed E-state index contributed by atoms with van der Waals surface area (Å²) < 4.78 is 25.3. The lowest BCUT2D eigenvalue weighted by atomic mass is 10.1. The molecular formula is C13H17N3O2S. The van der Waals surface area contributed by atoms with Gasteiger partial charge in [0.15, 0.2) is 0 Å². The number of para-hydroxylation sites is 1. The third-order valence-corrected chi connectivity index (χ3v) is 3.39. The summed E-state index contributed by atoms with van der Waals surface area (Å²) in [5.41, 5.74) is 2.15. The van der Waals surface area contributed by atoms with Gasteiger partial charge in [-0.2, -0.15) is 0 Å². The number of nitrogens with zero attached hydrogens (tertiary/aromatic N) is 2. The lowest BCUT2D eigenvalue weighted by molar-refractivity contribution is -0.667. The predicted octanol–water partition coefficient (Wildman–Crippen LogP) is 0.631. The second-order valence-corrected chi connectivity index (χ2v) is 6.08. The van der Waals surface area contributed by atoms with Gasteiger partial charge < -0.3 is 10.0 Å². The SMILES string of the molecule is CS(=O)(=O)[N-]CC[NH2+]Cc1cccc2cccnc12. The van der Waals surface area contributed by atoms with E-state index in [1.54, 1.807) is 6.20 Å². The van der Waals surface area contributed by atoms with Gasteiger partial charge in [0.2, 0.25) is 0 Å². The van der Waals surface area contributed by atoms with Crippen molar-refractivity contribution in [2.45, 2.75) is 6.54 Å². The van der Waals surface area contributed by atoms with Crippen molar-refractivity contribution >= 4 is 20.9 Å². The van der Waals surface area contributed by atoms with Crippen molar-refractivity contribution in [2.24, 2.45) is 0 Å². The molecule has 0 saturated carbocycles. The molecule has 0 saturated heterocycles. The van der Waals surface area contributed by atoms with Crippen molar-refractivity contribution in [1.82, 2.24) is 4.98 Å². The topological polar surface area (TPSA) is 77.7 Å². The van der Waals surface area contributed by atoms with E-state index in [0.717, 1.165) is 29.3 Å². The van der Waals surface area contributed by atoms with Gasteiger partial charge in [0.1, 0.15) is 6.54 Å². The van der Waals surface area contributed by atoms with Crippen molar-refractivity contribution in [3.63, 3.8) is 0 Å². The molecule has 0 atom stereocenters. The number of hydrogen-bond acceptors (Lipinski definition) is 3. The summed E-state index contributed by atoms with van der Waals surface area (Å²) >= 11 is 0. The molecule has 0 amide bonds. The molecule has 0 aliphatic carbocycles. The van der Waals surface area contributed by atoms with E-state index in [0.29, 0.717) is 13.1 Å². The van der Waals surface area contributed by atoms with Crippen LogP contribution in [0.5, 0.6) is 0 Å². The van der Waals surface area contributed by atoms with E-state index in [2.05, 4.69) is 9.71 Å². The summed E-state index contributed by atoms with van der Waals surface area (Å²) in [6, 6.07) is 10.0. The molecule has 19 heavy (non-hydrogen) atoms. The van der Waals surface area contributed by atoms with E-state index in [1.807, 2.05) is 35.6 Å². The van der Waals surface area contributed by atoms with Crippen LogP contribution in [0.15, 0.2) is 36.5 Å². The quantitative estimate of drug-likeness (QED) is 0.788. The molecule has 0 spiro atoms. The number of nitrogens with two attached hydrogens (primary N) is 1. The number of fused-ring (bicyclic) bond motifs is 1. The maximum absolute atomic E-state index is 10.8. The fourth-order valence-corrected chi connectivity index (χ4v) is 2.34. The van der Waals surface area contributed by atoms with E-state index in [1.165, 1.54) is 0 Å². The summed E-state index contributed by atoms with van der Waals surface area (Å²) in [5.74, 6) is 0. The minimum absolute atomic E-state index is 0.316. The number of benzene rings is 1. The number of aromatic nitrogens is 1. The summed E-state index contributed by atoms with van der Waals surface area (Å²) in [6.45, 7) is 1.74. The van der Waals surface area contributed by atoms with Gasteiger partial charge >= 0.3 is 0 Å². The summed E-state index contributed by atoms with van der Waals surface area (Å²) in [5, 5.41) is 3.16. The zero-order valence-electron chi connectivity index (χ0n) is 10.8. The average Bonchev–Trinajstić information content (AvgIpc) is 2.37. The Morgan fingerprint density at radius 1 is 1.26 bits per heavy atom. The Labute approximate surface area is 113 Å². The van der Waals surface area contributed by atoms with Gasteiger partial charge in [-0.05, 0) is 6.07 Å². The first-order chi connectivity index (χ1) is 9.06. The van der Waals surface area contributed by atoms with Crippen molar-refractivity contribution in [3.8, 4) is 0 Å². The summed E-state index contributed by atoms with van der Waals surface area (Å²) in [7, 11) is -3.21. The lowest BCUT2D eigenvalue weighted by Crippen LogP contribution is -2.83. The van der Waals surface area contributed by atoms with Crippen molar-refractivity contribution in [3.05, 3.63) is 46.8 Å². The number of quaternary nitrogens is 1. The molecule has 102 valence electrons. The predicted molar refractivity (Wildman–Crippen MR) is 75.3 cm³/mol. The van der Waals surface area contributed by atoms with Gasteiger partial charge in [-0.1, -0.05) is 30.8 Å². The number of pyridine rings is 1. The molecule has 2 aromatic rings. The van der Waals surface area contributed by atoms with E-state index >= 15 is 0 Å². The minimum Gasteiger partial charge on any atom is -0.545 e. The third kappa shape index (κ3) is 4.27. The fraction of sp³-hybridized carbons (Fsp3) is 0.308. The minimum atomic E-state index is -3.21. The van der Waals surface area contributed by atoms with Crippen LogP contribution in [0.1, 0.15) is 5.56 Å². The van der Waals surface area contributed by atoms with E-state index < -0.39 is 10.0 Å². The normalized spacial score (nSPS) is 11.8. The molecule has 1 heterocycles. The Bertz CT molecular complexity index is 650. The van der Waals surface area contributed by atoms with Gasteiger partial charge in [-0.25, -0.2) is 8.42 Å². The number of sulfonamides is 1. The van der Waals surface area contributed by atoms with Crippen molar-refractivity contribution < 1.29 is 13.7 Å². The van der Waals surface area contributed by atoms with Gasteiger partial charge in [0, 0.05) is 23.4 Å². The molecule has 0 unspecified atom stereocenters. The molecule has 0 fully saturated rings. The van der Waals surface area contributed by atoms with Gasteiger partial charge in [0.05, 0.1) is 22.1 Å². The van der Waals surface area contributed by atoms with Crippen LogP contribution in [-0.4, -0.2) is 32.7 Å². The molecule has 1 aromatic heterocycles. The average molecular weight is 279 g/mol. The maximum Gasteiger partial charge on any atom is 0.103 e. The molecule has 2 N–H and O–H groups in total. The van der Waals surface area contributed by atoms with Crippen LogP contribution < -0.4 is 5.32 Å². The van der Waals surface area contributed by atoms with Gasteiger partial charge in [0.25, 0.3) is 0 Å². The standard InChI is InChI=1S/C13H16N3O2S/c1-19(17,18)16-9-8-14-10-12-5-2-4-11-6-3-7-15-13(11)12/h2-7,14H,8-10H2,1H3/q-1/p+1. The van der Waals surface area contributed by atoms with Crippen LogP contribution >= 0.6 is 0 Å². The largest absolute Gasteiger partial charge is 0.545 e. The smallest absolute Gasteiger partial charge is 0.103 e. The Morgan fingerprint density at radius 3 is 2.84 bits per heavy atom. The first-order valence-corrected chi connectivity index (χ1v) is 7.94. The second-order valence-electron chi connectivity index (χ2n) is 4.36. The van der Waals surface area contributed by atoms with E-state index in [4.69, 9.17) is 0 Å². The number of hydrogen-bond donors (Lipinski definition) is 1. The fourth-order valence-electron chi connectivity index (χ4n) is 1.90. The molecule has 6 heteroatoms. The molecule has 5 nitrogen and oxygen atoms in total. The first-order valence-electron chi connectivity index (χ1n) is 6.09. The van der Waals surface area contributed by atoms with Crippen LogP contribution in [0, 0.1) is 0 Å². The molecule has 2 rings (SSSR count). The first kappa shape index (κ1) is 13.9. The van der Waals surface area contributed by atoms with Crippen LogP contribution in [0.3, 0.4) is 0 Å². The van der Waals surface area contributed by atoms with Crippen molar-refractivity contribution in [2.75, 3.05) is 19.3 Å². The molecule has 0 bridgehead atoms. The van der Waals surface area contributed by atoms with Crippen molar-refractivity contribution in [1.29, 1.82) is 0 Å². The third-order valence-electron chi connectivity index (χ3n) is 2.74. The Morgan fingerprint density at radius 2 is 2.05 bits per heavy atom. The highest BCUT2D eigenvalue weighted by atomic mass is 32.2. The highest BCUT2D eigenvalue weighted by Gasteiger charge is 2.02. The Balaban J connectivity index is 1.92. The highest BCUT2D eigenvalue weighted by Crippen LogP contribution is 2.14. The molecule has 1 aromatic carbocycles. The molecule has 0 aliphatic heterocycles. The van der Waals surface area contributed by atoms with Crippen LogP contribution in [0.4, 0.5) is 0 Å². The van der Waals surface area contributed by atoms with E-state index in [9.17, 15) is 8.42 Å². The van der Waals surface area contributed by atoms with Crippen LogP contribution in [-0.2, 0) is 16.6 Å². The van der Waals surface area contributed by atoms with Crippen LogP contribution in [0.2, 0.25) is 0 Å². The molecular weight excluding hydrogens is 262 g/mol. The maximum atomic E-state index is 10.8. The monoisotopic (exact) mass is 279 g/mol. The number of rotatable bonds is 6. The van der Waals surface area contributed by atoms with Gasteiger partial charge in [-0.15, -0.1) is 0 Å². The lowest BCUT2D eigenvalue weighted by Gasteiger charge is -2.14. The molecule has 0 radical (unpaired) electrons. The Kier molecular flexibility index (Phi) is 4.47. The summed E-state index contributed by atoms with van der Waals surface area (Å²) in [4.78, 5) is 4.38.